The smallest absolute Gasteiger partial charge is 0.272 e. The summed E-state index contributed by atoms with van der Waals surface area (Å²) in [4.78, 5) is 25.8. The molecule has 0 unspecified atom stereocenters. The van der Waals surface area contributed by atoms with Gasteiger partial charge in [-0.05, 0) is 40.2 Å². The van der Waals surface area contributed by atoms with Crippen molar-refractivity contribution in [2.75, 3.05) is 5.32 Å². The third kappa shape index (κ3) is 2.68. The first-order chi connectivity index (χ1) is 8.58. The number of aromatic amines is 1. The topological polar surface area (TPSA) is 62.0 Å². The van der Waals surface area contributed by atoms with Gasteiger partial charge in [0.15, 0.2) is 5.78 Å². The maximum atomic E-state index is 11.9. The van der Waals surface area contributed by atoms with Crippen LogP contribution in [-0.2, 0) is 0 Å². The molecule has 2 aromatic rings. The van der Waals surface area contributed by atoms with Crippen LogP contribution in [0.2, 0.25) is 0 Å². The zero-order chi connectivity index (χ0) is 13.1. The summed E-state index contributed by atoms with van der Waals surface area (Å²) in [5.74, 6) is -0.385. The van der Waals surface area contributed by atoms with Crippen LogP contribution in [0.5, 0.6) is 0 Å². The van der Waals surface area contributed by atoms with Crippen LogP contribution in [-0.4, -0.2) is 16.7 Å². The van der Waals surface area contributed by atoms with Gasteiger partial charge in [-0.1, -0.05) is 12.1 Å². The molecule has 92 valence electrons. The van der Waals surface area contributed by atoms with Gasteiger partial charge in [0.1, 0.15) is 5.69 Å². The molecule has 1 aromatic carbocycles. The second-order valence-corrected chi connectivity index (χ2v) is 4.63. The number of carbonyl (C=O) groups is 2. The van der Waals surface area contributed by atoms with Crippen molar-refractivity contribution in [2.45, 2.75) is 6.92 Å². The van der Waals surface area contributed by atoms with Crippen molar-refractivity contribution < 1.29 is 9.59 Å². The molecule has 1 amide bonds. The summed E-state index contributed by atoms with van der Waals surface area (Å²) in [7, 11) is 0. The normalized spacial score (nSPS) is 10.1. The molecule has 18 heavy (non-hydrogen) atoms. The van der Waals surface area contributed by atoms with E-state index in [1.54, 1.807) is 18.2 Å². The van der Waals surface area contributed by atoms with E-state index in [-0.39, 0.29) is 11.7 Å². The lowest BCUT2D eigenvalue weighted by Crippen LogP contribution is -2.13. The summed E-state index contributed by atoms with van der Waals surface area (Å²) < 4.78 is 0.802. The molecule has 2 rings (SSSR count). The first kappa shape index (κ1) is 12.6. The van der Waals surface area contributed by atoms with Crippen molar-refractivity contribution in [1.29, 1.82) is 0 Å². The monoisotopic (exact) mass is 306 g/mol. The number of H-pyrrole nitrogens is 1. The van der Waals surface area contributed by atoms with Gasteiger partial charge in [-0.15, -0.1) is 0 Å². The number of aromatic nitrogens is 1. The Morgan fingerprint density at radius 1 is 1.11 bits per heavy atom. The largest absolute Gasteiger partial charge is 0.348 e. The standard InChI is InChI=1S/C13H11BrN2O2/c1-8(17)10-6-7-12(15-10)13(18)16-11-5-3-2-4-9(11)14/h2-7,15H,1H3,(H,16,18). The first-order valence-electron chi connectivity index (χ1n) is 5.34. The number of nitrogens with one attached hydrogen (secondary N) is 2. The highest BCUT2D eigenvalue weighted by molar-refractivity contribution is 9.10. The van der Waals surface area contributed by atoms with Crippen molar-refractivity contribution in [3.8, 4) is 0 Å². The number of rotatable bonds is 3. The third-order valence-corrected chi connectivity index (χ3v) is 3.12. The zero-order valence-corrected chi connectivity index (χ0v) is 11.2. The molecule has 0 saturated carbocycles. The van der Waals surface area contributed by atoms with E-state index in [1.165, 1.54) is 6.92 Å². The number of carbonyl (C=O) groups excluding carboxylic acids is 2. The predicted octanol–water partition coefficient (Wildman–Crippen LogP) is 3.23. The van der Waals surface area contributed by atoms with E-state index in [2.05, 4.69) is 26.2 Å². The number of para-hydroxylation sites is 1. The Bertz CT molecular complexity index is 605. The van der Waals surface area contributed by atoms with Crippen LogP contribution in [0.15, 0.2) is 40.9 Å². The fourth-order valence-corrected chi connectivity index (χ4v) is 1.87. The van der Waals surface area contributed by atoms with Gasteiger partial charge in [-0.2, -0.15) is 0 Å². The summed E-state index contributed by atoms with van der Waals surface area (Å²) >= 11 is 3.35. The first-order valence-corrected chi connectivity index (χ1v) is 6.13. The molecule has 0 aliphatic carbocycles. The fraction of sp³-hybridized carbons (Fsp3) is 0.0769. The van der Waals surface area contributed by atoms with Crippen LogP contribution in [0.4, 0.5) is 5.69 Å². The average molecular weight is 307 g/mol. The number of hydrogen-bond acceptors (Lipinski definition) is 2. The second kappa shape index (κ2) is 5.18. The minimum Gasteiger partial charge on any atom is -0.348 e. The highest BCUT2D eigenvalue weighted by Gasteiger charge is 2.11. The molecular weight excluding hydrogens is 296 g/mol. The van der Waals surface area contributed by atoms with E-state index in [0.717, 1.165) is 4.47 Å². The Hall–Kier alpha value is -1.88. The molecule has 0 bridgehead atoms. The summed E-state index contributed by atoms with van der Waals surface area (Å²) in [6.07, 6.45) is 0. The Balaban J connectivity index is 2.17. The van der Waals surface area contributed by atoms with Crippen LogP contribution in [0.3, 0.4) is 0 Å². The molecule has 4 nitrogen and oxygen atoms in total. The zero-order valence-electron chi connectivity index (χ0n) is 9.66. The fourth-order valence-electron chi connectivity index (χ4n) is 1.49. The molecule has 0 saturated heterocycles. The quantitative estimate of drug-likeness (QED) is 0.855. The number of Topliss-reactive ketones (excluding diaryl/α,β-unsaturated/α-hetero) is 1. The third-order valence-electron chi connectivity index (χ3n) is 2.43. The van der Waals surface area contributed by atoms with Crippen molar-refractivity contribution in [3.05, 3.63) is 52.3 Å². The number of ketones is 1. The predicted molar refractivity (Wildman–Crippen MR) is 72.9 cm³/mol. The highest BCUT2D eigenvalue weighted by atomic mass is 79.9. The molecule has 0 atom stereocenters. The molecule has 0 radical (unpaired) electrons. The number of amides is 1. The lowest BCUT2D eigenvalue weighted by atomic mass is 10.3. The van der Waals surface area contributed by atoms with Crippen molar-refractivity contribution in [2.24, 2.45) is 0 Å². The number of anilines is 1. The van der Waals surface area contributed by atoms with Crippen molar-refractivity contribution in [1.82, 2.24) is 4.98 Å². The molecule has 0 aliphatic heterocycles. The number of halogens is 1. The van der Waals surface area contributed by atoms with Crippen LogP contribution in [0, 0.1) is 0 Å². The van der Waals surface area contributed by atoms with Crippen LogP contribution >= 0.6 is 15.9 Å². The Kier molecular flexibility index (Phi) is 3.62. The van der Waals surface area contributed by atoms with E-state index in [0.29, 0.717) is 17.1 Å². The van der Waals surface area contributed by atoms with Gasteiger partial charge in [0.25, 0.3) is 5.91 Å². The Morgan fingerprint density at radius 3 is 2.39 bits per heavy atom. The minimum atomic E-state index is -0.283. The Labute approximate surface area is 113 Å². The molecule has 1 aromatic heterocycles. The second-order valence-electron chi connectivity index (χ2n) is 3.78. The summed E-state index contributed by atoms with van der Waals surface area (Å²) in [6, 6.07) is 10.5. The molecule has 0 fully saturated rings. The maximum Gasteiger partial charge on any atom is 0.272 e. The highest BCUT2D eigenvalue weighted by Crippen LogP contribution is 2.21. The molecule has 1 heterocycles. The minimum absolute atomic E-state index is 0.102. The van der Waals surface area contributed by atoms with Crippen LogP contribution < -0.4 is 5.32 Å². The van der Waals surface area contributed by atoms with E-state index in [4.69, 9.17) is 0 Å². The number of hydrogen-bond donors (Lipinski definition) is 2. The van der Waals surface area contributed by atoms with E-state index in [1.807, 2.05) is 18.2 Å². The van der Waals surface area contributed by atoms with Gasteiger partial charge in [0.05, 0.1) is 11.4 Å². The van der Waals surface area contributed by atoms with Gasteiger partial charge in [-0.25, -0.2) is 0 Å². The molecule has 2 N–H and O–H groups in total. The molecule has 0 spiro atoms. The Morgan fingerprint density at radius 2 is 1.78 bits per heavy atom. The summed E-state index contributed by atoms with van der Waals surface area (Å²) in [5, 5.41) is 2.75. The van der Waals surface area contributed by atoms with Gasteiger partial charge in [0.2, 0.25) is 0 Å². The number of benzene rings is 1. The van der Waals surface area contributed by atoms with E-state index in [9.17, 15) is 9.59 Å². The SMILES string of the molecule is CC(=O)c1ccc(C(=O)Nc2ccccc2Br)[nH]1. The van der Waals surface area contributed by atoms with Crippen LogP contribution in [0.25, 0.3) is 0 Å². The van der Waals surface area contributed by atoms with Crippen molar-refractivity contribution >= 4 is 33.3 Å². The molecule has 5 heteroatoms. The molecule has 0 aliphatic rings. The molecular formula is C13H11BrN2O2. The lowest BCUT2D eigenvalue weighted by Gasteiger charge is -2.05. The average Bonchev–Trinajstić information content (AvgIpc) is 2.81. The summed E-state index contributed by atoms with van der Waals surface area (Å²) in [6.45, 7) is 1.45. The van der Waals surface area contributed by atoms with Gasteiger partial charge in [0, 0.05) is 11.4 Å². The summed E-state index contributed by atoms with van der Waals surface area (Å²) in [5.41, 5.74) is 1.46. The van der Waals surface area contributed by atoms with E-state index < -0.39 is 0 Å². The van der Waals surface area contributed by atoms with Crippen LogP contribution in [0.1, 0.15) is 27.9 Å². The van der Waals surface area contributed by atoms with Crippen molar-refractivity contribution in [3.63, 3.8) is 0 Å². The lowest BCUT2D eigenvalue weighted by molar-refractivity contribution is 0.101. The van der Waals surface area contributed by atoms with Gasteiger partial charge in [-0.3, -0.25) is 9.59 Å². The van der Waals surface area contributed by atoms with Gasteiger partial charge >= 0.3 is 0 Å². The van der Waals surface area contributed by atoms with E-state index >= 15 is 0 Å². The van der Waals surface area contributed by atoms with Gasteiger partial charge < -0.3 is 10.3 Å². The maximum absolute atomic E-state index is 11.9.